The minimum atomic E-state index is -0.386. The van der Waals surface area contributed by atoms with E-state index >= 15 is 0 Å². The van der Waals surface area contributed by atoms with Gasteiger partial charge in [0.15, 0.2) is 0 Å². The van der Waals surface area contributed by atoms with E-state index in [0.29, 0.717) is 11.7 Å². The van der Waals surface area contributed by atoms with Crippen molar-refractivity contribution in [2.24, 2.45) is 0 Å². The van der Waals surface area contributed by atoms with Crippen LogP contribution in [0.25, 0.3) is 0 Å². The maximum Gasteiger partial charge on any atom is 0.343 e. The number of halogens is 1. The lowest BCUT2D eigenvalue weighted by Gasteiger charge is -2.04. The van der Waals surface area contributed by atoms with Crippen LogP contribution in [0.2, 0.25) is 0 Å². The SMILES string of the molecule is O=C(NCc1ccc(F)cc1)n1cnc(SSc2ccccc2)n1. The Hall–Kier alpha value is -2.32. The zero-order valence-corrected chi connectivity index (χ0v) is 14.1. The molecule has 1 heterocycles. The van der Waals surface area contributed by atoms with E-state index in [-0.39, 0.29) is 11.8 Å². The van der Waals surface area contributed by atoms with Crippen molar-refractivity contribution in [3.05, 3.63) is 72.3 Å². The Balaban J connectivity index is 1.52. The summed E-state index contributed by atoms with van der Waals surface area (Å²) in [6.45, 7) is 0.292. The van der Waals surface area contributed by atoms with Gasteiger partial charge in [-0.2, -0.15) is 4.68 Å². The van der Waals surface area contributed by atoms with Gasteiger partial charge in [0.2, 0.25) is 5.16 Å². The van der Waals surface area contributed by atoms with Crippen LogP contribution in [0.3, 0.4) is 0 Å². The molecule has 0 fully saturated rings. The molecule has 2 aromatic carbocycles. The van der Waals surface area contributed by atoms with Crippen molar-refractivity contribution in [3.63, 3.8) is 0 Å². The molecule has 24 heavy (non-hydrogen) atoms. The summed E-state index contributed by atoms with van der Waals surface area (Å²) in [6.07, 6.45) is 1.37. The Morgan fingerprint density at radius 2 is 1.83 bits per heavy atom. The van der Waals surface area contributed by atoms with Gasteiger partial charge in [0, 0.05) is 11.4 Å². The number of amides is 1. The third-order valence-electron chi connectivity index (χ3n) is 2.99. The third-order valence-corrected chi connectivity index (χ3v) is 5.15. The molecular formula is C16H13FN4OS2. The molecule has 0 saturated carbocycles. The van der Waals surface area contributed by atoms with Crippen LogP contribution in [0.15, 0.2) is 71.0 Å². The number of hydrogen-bond donors (Lipinski definition) is 1. The van der Waals surface area contributed by atoms with E-state index in [1.807, 2.05) is 30.3 Å². The molecule has 1 aromatic heterocycles. The number of benzene rings is 2. The van der Waals surface area contributed by atoms with Gasteiger partial charge >= 0.3 is 6.03 Å². The van der Waals surface area contributed by atoms with Crippen LogP contribution in [0, 0.1) is 5.82 Å². The van der Waals surface area contributed by atoms with Gasteiger partial charge in [-0.1, -0.05) is 30.3 Å². The fourth-order valence-corrected chi connectivity index (χ4v) is 3.53. The predicted octanol–water partition coefficient (Wildman–Crippen LogP) is 3.97. The van der Waals surface area contributed by atoms with E-state index in [1.165, 1.54) is 40.0 Å². The summed E-state index contributed by atoms with van der Waals surface area (Å²) in [6, 6.07) is 15.4. The minimum Gasteiger partial charge on any atom is -0.332 e. The Morgan fingerprint density at radius 1 is 1.08 bits per heavy atom. The Kier molecular flexibility index (Phi) is 5.50. The van der Waals surface area contributed by atoms with Crippen LogP contribution < -0.4 is 5.32 Å². The van der Waals surface area contributed by atoms with Crippen molar-refractivity contribution < 1.29 is 9.18 Å². The van der Waals surface area contributed by atoms with Gasteiger partial charge in [0.05, 0.1) is 0 Å². The number of hydrogen-bond acceptors (Lipinski definition) is 5. The molecule has 0 spiro atoms. The maximum absolute atomic E-state index is 12.8. The first kappa shape index (κ1) is 16.5. The number of carbonyl (C=O) groups excluding carboxylic acids is 1. The molecule has 0 aliphatic carbocycles. The van der Waals surface area contributed by atoms with E-state index in [0.717, 1.165) is 15.1 Å². The van der Waals surface area contributed by atoms with Crippen molar-refractivity contribution in [2.75, 3.05) is 0 Å². The minimum absolute atomic E-state index is 0.292. The smallest absolute Gasteiger partial charge is 0.332 e. The van der Waals surface area contributed by atoms with Gasteiger partial charge in [-0.05, 0) is 51.4 Å². The standard InChI is InChI=1S/C16H13FN4OS2/c17-13-8-6-12(7-9-13)10-18-16(22)21-11-19-15(20-21)24-23-14-4-2-1-3-5-14/h1-9,11H,10H2,(H,18,22). The number of nitrogens with one attached hydrogen (secondary N) is 1. The highest BCUT2D eigenvalue weighted by molar-refractivity contribution is 8.76. The van der Waals surface area contributed by atoms with Crippen LogP contribution in [-0.4, -0.2) is 20.8 Å². The van der Waals surface area contributed by atoms with Crippen molar-refractivity contribution in [3.8, 4) is 0 Å². The molecule has 3 rings (SSSR count). The second-order valence-electron chi connectivity index (χ2n) is 4.74. The van der Waals surface area contributed by atoms with Crippen LogP contribution >= 0.6 is 21.6 Å². The summed E-state index contributed by atoms with van der Waals surface area (Å²) in [5.74, 6) is -0.307. The molecule has 0 aliphatic rings. The molecule has 0 aliphatic heterocycles. The monoisotopic (exact) mass is 360 g/mol. The van der Waals surface area contributed by atoms with Crippen molar-refractivity contribution >= 4 is 27.6 Å². The van der Waals surface area contributed by atoms with Gasteiger partial charge in [0.1, 0.15) is 12.1 Å². The zero-order valence-electron chi connectivity index (χ0n) is 12.4. The Bertz CT molecular complexity index is 808. The second-order valence-corrected chi connectivity index (χ2v) is 6.91. The number of carbonyl (C=O) groups is 1. The molecule has 0 saturated heterocycles. The van der Waals surface area contributed by atoms with Crippen molar-refractivity contribution in [2.45, 2.75) is 16.6 Å². The molecular weight excluding hydrogens is 347 g/mol. The van der Waals surface area contributed by atoms with E-state index in [9.17, 15) is 9.18 Å². The normalized spacial score (nSPS) is 10.5. The van der Waals surface area contributed by atoms with Gasteiger partial charge in [-0.3, -0.25) is 0 Å². The fourth-order valence-electron chi connectivity index (χ4n) is 1.81. The maximum atomic E-state index is 12.8. The molecule has 5 nitrogen and oxygen atoms in total. The van der Waals surface area contributed by atoms with E-state index < -0.39 is 0 Å². The Labute approximate surface area is 146 Å². The highest BCUT2D eigenvalue weighted by Crippen LogP contribution is 2.34. The zero-order chi connectivity index (χ0) is 16.8. The summed E-state index contributed by atoms with van der Waals surface area (Å²) < 4.78 is 14.0. The van der Waals surface area contributed by atoms with Gasteiger partial charge in [-0.15, -0.1) is 5.10 Å². The molecule has 8 heteroatoms. The number of rotatable bonds is 5. The molecule has 1 N–H and O–H groups in total. The summed E-state index contributed by atoms with van der Waals surface area (Å²) in [5, 5.41) is 7.33. The number of aromatic nitrogens is 3. The average molecular weight is 360 g/mol. The molecule has 0 radical (unpaired) electrons. The van der Waals surface area contributed by atoms with Crippen LogP contribution in [0.4, 0.5) is 9.18 Å². The third kappa shape index (κ3) is 4.59. The molecule has 1 amide bonds. The first-order chi connectivity index (χ1) is 11.7. The molecule has 3 aromatic rings. The lowest BCUT2D eigenvalue weighted by Crippen LogP contribution is -2.28. The average Bonchev–Trinajstić information content (AvgIpc) is 3.09. The number of nitrogens with zero attached hydrogens (tertiary/aromatic N) is 3. The van der Waals surface area contributed by atoms with Crippen molar-refractivity contribution in [1.29, 1.82) is 0 Å². The highest BCUT2D eigenvalue weighted by atomic mass is 33.1. The quantitative estimate of drug-likeness (QED) is 0.698. The van der Waals surface area contributed by atoms with E-state index in [2.05, 4.69) is 15.4 Å². The predicted molar refractivity (Wildman–Crippen MR) is 92.2 cm³/mol. The Morgan fingerprint density at radius 3 is 2.58 bits per heavy atom. The van der Waals surface area contributed by atoms with Gasteiger partial charge < -0.3 is 5.32 Å². The topological polar surface area (TPSA) is 59.8 Å². The van der Waals surface area contributed by atoms with Crippen LogP contribution in [0.1, 0.15) is 5.56 Å². The van der Waals surface area contributed by atoms with Gasteiger partial charge in [0.25, 0.3) is 0 Å². The lowest BCUT2D eigenvalue weighted by molar-refractivity contribution is 0.239. The van der Waals surface area contributed by atoms with Crippen molar-refractivity contribution in [1.82, 2.24) is 20.1 Å². The fraction of sp³-hybridized carbons (Fsp3) is 0.0625. The largest absolute Gasteiger partial charge is 0.343 e. The first-order valence-corrected chi connectivity index (χ1v) is 9.19. The summed E-state index contributed by atoms with van der Waals surface area (Å²) >= 11 is 0. The summed E-state index contributed by atoms with van der Waals surface area (Å²) in [4.78, 5) is 17.2. The van der Waals surface area contributed by atoms with E-state index in [4.69, 9.17) is 0 Å². The van der Waals surface area contributed by atoms with Crippen LogP contribution in [0.5, 0.6) is 0 Å². The molecule has 0 unspecified atom stereocenters. The molecule has 0 atom stereocenters. The second kappa shape index (κ2) is 7.98. The van der Waals surface area contributed by atoms with Crippen LogP contribution in [-0.2, 0) is 6.54 Å². The first-order valence-electron chi connectivity index (χ1n) is 7.04. The summed E-state index contributed by atoms with van der Waals surface area (Å²) in [5.41, 5.74) is 0.805. The lowest BCUT2D eigenvalue weighted by atomic mass is 10.2. The molecule has 122 valence electrons. The highest BCUT2D eigenvalue weighted by Gasteiger charge is 2.09. The molecule has 0 bridgehead atoms. The van der Waals surface area contributed by atoms with Gasteiger partial charge in [-0.25, -0.2) is 14.2 Å². The van der Waals surface area contributed by atoms with E-state index in [1.54, 1.807) is 12.1 Å². The summed E-state index contributed by atoms with van der Waals surface area (Å²) in [7, 11) is 2.90.